The van der Waals surface area contributed by atoms with Gasteiger partial charge in [0.1, 0.15) is 0 Å². The van der Waals surface area contributed by atoms with Crippen molar-refractivity contribution in [3.05, 3.63) is 0 Å². The summed E-state index contributed by atoms with van der Waals surface area (Å²) in [5.41, 5.74) is 0. The predicted molar refractivity (Wildman–Crippen MR) is 22.1 cm³/mol. The van der Waals surface area contributed by atoms with E-state index in [1.54, 1.807) is 0 Å². The van der Waals surface area contributed by atoms with Gasteiger partial charge < -0.3 is 0 Å². The SMILES string of the molecule is NS(=O)O.[NaH]. The normalized spacial score (nSPS) is 12.4. The number of hydrogen-bond donors (Lipinski definition) is 2. The minimum atomic E-state index is -2.11. The zero-order valence-electron chi connectivity index (χ0n) is 1.84. The molecule has 0 aromatic carbocycles. The quantitative estimate of drug-likeness (QED) is 0.289. The first-order valence-corrected chi connectivity index (χ1v) is 1.75. The van der Waals surface area contributed by atoms with Crippen LogP contribution in [-0.2, 0) is 11.3 Å². The summed E-state index contributed by atoms with van der Waals surface area (Å²) < 4.78 is 16.2. The molecule has 0 radical (unpaired) electrons. The molecule has 3 N–H and O–H groups in total. The van der Waals surface area contributed by atoms with Crippen molar-refractivity contribution in [2.75, 3.05) is 0 Å². The third-order valence-corrected chi connectivity index (χ3v) is 0. The van der Waals surface area contributed by atoms with E-state index in [-0.39, 0.29) is 29.6 Å². The molecular formula is H4NNaO2S. The molecule has 0 saturated carbocycles. The summed E-state index contributed by atoms with van der Waals surface area (Å²) >= 11 is -2.11. The Kier molecular flexibility index (Phi) is 9.55. The molecule has 0 fully saturated rings. The van der Waals surface area contributed by atoms with Gasteiger partial charge in [-0.3, -0.25) is 4.55 Å². The van der Waals surface area contributed by atoms with Crippen LogP contribution in [0.2, 0.25) is 0 Å². The van der Waals surface area contributed by atoms with Crippen molar-refractivity contribution in [2.45, 2.75) is 0 Å². The molecule has 0 aliphatic carbocycles. The van der Waals surface area contributed by atoms with Gasteiger partial charge in [-0.1, -0.05) is 0 Å². The van der Waals surface area contributed by atoms with Gasteiger partial charge >= 0.3 is 29.6 Å². The van der Waals surface area contributed by atoms with Gasteiger partial charge in [-0.05, 0) is 0 Å². The molecule has 28 valence electrons. The van der Waals surface area contributed by atoms with Gasteiger partial charge in [-0.2, -0.15) is 0 Å². The van der Waals surface area contributed by atoms with Crippen molar-refractivity contribution in [2.24, 2.45) is 5.14 Å². The first kappa shape index (κ1) is 9.42. The Morgan fingerprint density at radius 2 is 1.80 bits per heavy atom. The second kappa shape index (κ2) is 5.07. The summed E-state index contributed by atoms with van der Waals surface area (Å²) in [7, 11) is 0. The van der Waals surface area contributed by atoms with E-state index in [4.69, 9.17) is 8.76 Å². The van der Waals surface area contributed by atoms with E-state index in [9.17, 15) is 0 Å². The maximum atomic E-state index is 8.89. The monoisotopic (exact) mass is 105 g/mol. The van der Waals surface area contributed by atoms with E-state index in [1.165, 1.54) is 0 Å². The third kappa shape index (κ3) is 41.7. The Hall–Kier alpha value is 1.07. The summed E-state index contributed by atoms with van der Waals surface area (Å²) in [5.74, 6) is 0. The molecule has 0 spiro atoms. The van der Waals surface area contributed by atoms with E-state index in [2.05, 4.69) is 5.14 Å². The predicted octanol–water partition coefficient (Wildman–Crippen LogP) is -1.57. The van der Waals surface area contributed by atoms with E-state index >= 15 is 0 Å². The van der Waals surface area contributed by atoms with Gasteiger partial charge in [0.15, 0.2) is 0 Å². The van der Waals surface area contributed by atoms with Crippen molar-refractivity contribution in [1.82, 2.24) is 0 Å². The van der Waals surface area contributed by atoms with Gasteiger partial charge in [0, 0.05) is 0 Å². The fraction of sp³-hybridized carbons (Fsp3) is 0. The summed E-state index contributed by atoms with van der Waals surface area (Å²) in [6, 6.07) is 0. The van der Waals surface area contributed by atoms with Crippen LogP contribution < -0.4 is 5.14 Å². The summed E-state index contributed by atoms with van der Waals surface area (Å²) in [5, 5.41) is 4.14. The van der Waals surface area contributed by atoms with Crippen LogP contribution in [0.5, 0.6) is 0 Å². The van der Waals surface area contributed by atoms with Crippen LogP contribution >= 0.6 is 0 Å². The molecule has 0 aromatic rings. The number of hydrogen-bond acceptors (Lipinski definition) is 1. The fourth-order valence-electron chi connectivity index (χ4n) is 0. The molecule has 0 rings (SSSR count). The van der Waals surface area contributed by atoms with Crippen LogP contribution in [0.25, 0.3) is 0 Å². The molecule has 0 aromatic heterocycles. The number of rotatable bonds is 0. The molecule has 5 heavy (non-hydrogen) atoms. The Morgan fingerprint density at radius 1 is 1.80 bits per heavy atom. The van der Waals surface area contributed by atoms with Gasteiger partial charge in [-0.15, -0.1) is 0 Å². The van der Waals surface area contributed by atoms with Gasteiger partial charge in [0.25, 0.3) is 0 Å². The minimum absolute atomic E-state index is 0. The molecular weight excluding hydrogens is 101 g/mol. The van der Waals surface area contributed by atoms with Crippen molar-refractivity contribution in [3.8, 4) is 0 Å². The van der Waals surface area contributed by atoms with Crippen molar-refractivity contribution in [3.63, 3.8) is 0 Å². The van der Waals surface area contributed by atoms with Crippen LogP contribution in [0.3, 0.4) is 0 Å². The first-order valence-electron chi connectivity index (χ1n) is 0.585. The third-order valence-electron chi connectivity index (χ3n) is 0. The molecule has 0 aliphatic rings. The summed E-state index contributed by atoms with van der Waals surface area (Å²) in [6.07, 6.45) is 0. The zero-order valence-corrected chi connectivity index (χ0v) is 2.66. The van der Waals surface area contributed by atoms with Crippen LogP contribution in [0.1, 0.15) is 0 Å². The Labute approximate surface area is 54.6 Å². The van der Waals surface area contributed by atoms with Crippen molar-refractivity contribution < 1.29 is 8.76 Å². The molecule has 0 heterocycles. The second-order valence-electron chi connectivity index (χ2n) is 0.276. The first-order chi connectivity index (χ1) is 1.73. The van der Waals surface area contributed by atoms with E-state index in [0.29, 0.717) is 0 Å². The maximum absolute atomic E-state index is 8.89. The molecule has 0 bridgehead atoms. The van der Waals surface area contributed by atoms with E-state index < -0.39 is 11.3 Å². The number of nitrogens with two attached hydrogens (primary N) is 1. The fourth-order valence-corrected chi connectivity index (χ4v) is 0. The van der Waals surface area contributed by atoms with Crippen LogP contribution in [0, 0.1) is 0 Å². The van der Waals surface area contributed by atoms with Crippen LogP contribution in [0.15, 0.2) is 0 Å². The molecule has 3 nitrogen and oxygen atoms in total. The summed E-state index contributed by atoms with van der Waals surface area (Å²) in [4.78, 5) is 0. The van der Waals surface area contributed by atoms with Crippen LogP contribution in [-0.4, -0.2) is 38.3 Å². The van der Waals surface area contributed by atoms with Crippen molar-refractivity contribution >= 4 is 40.8 Å². The Bertz CT molecular complexity index is 32.6. The molecule has 0 amide bonds. The molecule has 5 heteroatoms. The van der Waals surface area contributed by atoms with Gasteiger partial charge in [-0.25, -0.2) is 9.35 Å². The van der Waals surface area contributed by atoms with E-state index in [0.717, 1.165) is 0 Å². The molecule has 1 unspecified atom stereocenters. The van der Waals surface area contributed by atoms with Gasteiger partial charge in [0.05, 0.1) is 0 Å². The van der Waals surface area contributed by atoms with Crippen LogP contribution in [0.4, 0.5) is 0 Å². The average molecular weight is 105 g/mol. The molecule has 0 aliphatic heterocycles. The standard InChI is InChI=1S/H3NO2S.Na.H/c1-4(2)3;;/h1H2,(H,2,3);;. The Morgan fingerprint density at radius 3 is 1.80 bits per heavy atom. The molecule has 0 saturated heterocycles. The molecule has 1 atom stereocenters. The average Bonchev–Trinajstić information content (AvgIpc) is 0.811. The topological polar surface area (TPSA) is 63.3 Å². The van der Waals surface area contributed by atoms with Gasteiger partial charge in [0.2, 0.25) is 11.3 Å². The second-order valence-corrected chi connectivity index (χ2v) is 0.829. The van der Waals surface area contributed by atoms with Crippen molar-refractivity contribution in [1.29, 1.82) is 0 Å². The van der Waals surface area contributed by atoms with E-state index in [1.807, 2.05) is 0 Å². The Balaban J connectivity index is 0. The zero-order chi connectivity index (χ0) is 3.58. The summed E-state index contributed by atoms with van der Waals surface area (Å²) in [6.45, 7) is 0.